The van der Waals surface area contributed by atoms with Gasteiger partial charge in [-0.2, -0.15) is 0 Å². The van der Waals surface area contributed by atoms with Crippen molar-refractivity contribution in [2.75, 3.05) is 6.54 Å². The van der Waals surface area contributed by atoms with Crippen molar-refractivity contribution in [1.82, 2.24) is 5.32 Å². The zero-order valence-electron chi connectivity index (χ0n) is 11.6. The third-order valence-corrected chi connectivity index (χ3v) is 2.55. The summed E-state index contributed by atoms with van der Waals surface area (Å²) in [4.78, 5) is 11.4. The second-order valence-electron chi connectivity index (χ2n) is 4.38. The van der Waals surface area contributed by atoms with Crippen molar-refractivity contribution in [1.29, 1.82) is 0 Å². The normalized spacial score (nSPS) is 12.1. The summed E-state index contributed by atoms with van der Waals surface area (Å²) in [6.45, 7) is 8.02. The molecule has 0 aliphatic rings. The van der Waals surface area contributed by atoms with E-state index in [-0.39, 0.29) is 6.10 Å². The monoisotopic (exact) mass is 259 g/mol. The van der Waals surface area contributed by atoms with Crippen molar-refractivity contribution in [2.45, 2.75) is 26.4 Å². The summed E-state index contributed by atoms with van der Waals surface area (Å²) < 4.78 is 5.17. The van der Waals surface area contributed by atoms with E-state index in [2.05, 4.69) is 11.9 Å². The van der Waals surface area contributed by atoms with E-state index in [1.165, 1.54) is 5.56 Å². The topological polar surface area (TPSA) is 38.3 Å². The van der Waals surface area contributed by atoms with Crippen LogP contribution in [0.15, 0.2) is 43.0 Å². The molecule has 3 nitrogen and oxygen atoms in total. The Morgan fingerprint density at radius 1 is 1.42 bits per heavy atom. The molecule has 0 saturated carbocycles. The van der Waals surface area contributed by atoms with Gasteiger partial charge in [0.1, 0.15) is 6.10 Å². The third kappa shape index (κ3) is 6.46. The molecule has 0 aliphatic heterocycles. The molecular weight excluding hydrogens is 238 g/mol. The highest BCUT2D eigenvalue weighted by Gasteiger charge is 2.04. The molecule has 0 radical (unpaired) electrons. The van der Waals surface area contributed by atoms with E-state index >= 15 is 0 Å². The molecule has 1 N–H and O–H groups in total. The van der Waals surface area contributed by atoms with Gasteiger partial charge in [0, 0.05) is 6.54 Å². The highest BCUT2D eigenvalue weighted by Crippen LogP contribution is 2.06. The molecule has 1 rings (SSSR count). The van der Waals surface area contributed by atoms with Gasteiger partial charge in [-0.05, 0) is 31.9 Å². The summed E-state index contributed by atoms with van der Waals surface area (Å²) in [5.74, 6) is 0. The first kappa shape index (κ1) is 15.0. The molecule has 0 saturated heterocycles. The van der Waals surface area contributed by atoms with Crippen LogP contribution in [0.1, 0.15) is 24.5 Å². The maximum atomic E-state index is 11.4. The molecule has 19 heavy (non-hydrogen) atoms. The summed E-state index contributed by atoms with van der Waals surface area (Å²) >= 11 is 0. The van der Waals surface area contributed by atoms with Gasteiger partial charge in [-0.3, -0.25) is 0 Å². The van der Waals surface area contributed by atoms with E-state index in [9.17, 15) is 4.79 Å². The third-order valence-electron chi connectivity index (χ3n) is 2.55. The van der Waals surface area contributed by atoms with Crippen LogP contribution in [0.2, 0.25) is 0 Å². The minimum atomic E-state index is -0.400. The van der Waals surface area contributed by atoms with E-state index in [0.29, 0.717) is 6.54 Å². The second kappa shape index (κ2) is 8.14. The van der Waals surface area contributed by atoms with Crippen LogP contribution in [0.4, 0.5) is 4.79 Å². The summed E-state index contributed by atoms with van der Waals surface area (Å²) in [5, 5.41) is 2.65. The molecule has 0 aromatic heterocycles. The van der Waals surface area contributed by atoms with E-state index in [0.717, 1.165) is 12.0 Å². The Kier molecular flexibility index (Phi) is 6.44. The van der Waals surface area contributed by atoms with Crippen LogP contribution < -0.4 is 5.32 Å². The smallest absolute Gasteiger partial charge is 0.407 e. The van der Waals surface area contributed by atoms with Crippen LogP contribution in [-0.4, -0.2) is 18.7 Å². The molecule has 102 valence electrons. The Hall–Kier alpha value is -2.03. The van der Waals surface area contributed by atoms with E-state index < -0.39 is 6.09 Å². The lowest BCUT2D eigenvalue weighted by Gasteiger charge is -2.09. The van der Waals surface area contributed by atoms with E-state index in [1.807, 2.05) is 50.3 Å². The highest BCUT2D eigenvalue weighted by molar-refractivity contribution is 5.67. The number of ether oxygens (including phenoxy) is 1. The molecular formula is C16H21NO2. The first-order valence-electron chi connectivity index (χ1n) is 6.42. The van der Waals surface area contributed by atoms with Crippen LogP contribution in [0, 0.1) is 6.92 Å². The Morgan fingerprint density at radius 2 is 2.11 bits per heavy atom. The average molecular weight is 259 g/mol. The van der Waals surface area contributed by atoms with Gasteiger partial charge in [0.25, 0.3) is 0 Å². The molecule has 0 spiro atoms. The van der Waals surface area contributed by atoms with Gasteiger partial charge in [-0.15, -0.1) is 6.58 Å². The van der Waals surface area contributed by atoms with Gasteiger partial charge in [-0.1, -0.05) is 42.0 Å². The van der Waals surface area contributed by atoms with Gasteiger partial charge >= 0.3 is 6.09 Å². The number of benzene rings is 1. The molecule has 3 heteroatoms. The number of hydrogen-bond acceptors (Lipinski definition) is 2. The van der Waals surface area contributed by atoms with Crippen LogP contribution >= 0.6 is 0 Å². The Labute approximate surface area is 115 Å². The molecule has 0 fully saturated rings. The molecule has 0 aliphatic carbocycles. The number of aryl methyl sites for hydroxylation is 1. The number of carbonyl (C=O) groups is 1. The summed E-state index contributed by atoms with van der Waals surface area (Å²) in [6.07, 6.45) is 5.63. The van der Waals surface area contributed by atoms with Crippen molar-refractivity contribution >= 4 is 12.2 Å². The fourth-order valence-electron chi connectivity index (χ4n) is 1.45. The van der Waals surface area contributed by atoms with E-state index in [4.69, 9.17) is 4.74 Å². The second-order valence-corrected chi connectivity index (χ2v) is 4.38. The number of hydrogen-bond donors (Lipinski definition) is 1. The lowest BCUT2D eigenvalue weighted by molar-refractivity contribution is 0.127. The SMILES string of the molecule is C=CCCNC(=O)OC(C)/C=C/c1ccc(C)cc1. The zero-order chi connectivity index (χ0) is 14.1. The molecule has 0 heterocycles. The fourth-order valence-corrected chi connectivity index (χ4v) is 1.45. The largest absolute Gasteiger partial charge is 0.442 e. The highest BCUT2D eigenvalue weighted by atomic mass is 16.6. The van der Waals surface area contributed by atoms with E-state index in [1.54, 1.807) is 6.08 Å². The minimum absolute atomic E-state index is 0.259. The van der Waals surface area contributed by atoms with Crippen molar-refractivity contribution < 1.29 is 9.53 Å². The van der Waals surface area contributed by atoms with Gasteiger partial charge in [0.05, 0.1) is 0 Å². The Balaban J connectivity index is 2.37. The number of rotatable bonds is 6. The molecule has 1 unspecified atom stereocenters. The lowest BCUT2D eigenvalue weighted by Crippen LogP contribution is -2.27. The van der Waals surface area contributed by atoms with Gasteiger partial charge in [0.15, 0.2) is 0 Å². The first-order chi connectivity index (χ1) is 9.11. The van der Waals surface area contributed by atoms with Gasteiger partial charge in [-0.25, -0.2) is 4.79 Å². The van der Waals surface area contributed by atoms with Crippen molar-refractivity contribution in [3.8, 4) is 0 Å². The first-order valence-corrected chi connectivity index (χ1v) is 6.42. The zero-order valence-corrected chi connectivity index (χ0v) is 11.6. The summed E-state index contributed by atoms with van der Waals surface area (Å²) in [7, 11) is 0. The van der Waals surface area contributed by atoms with Gasteiger partial charge < -0.3 is 10.1 Å². The summed E-state index contributed by atoms with van der Waals surface area (Å²) in [5.41, 5.74) is 2.32. The number of amides is 1. The van der Waals surface area contributed by atoms with Crippen LogP contribution in [0.3, 0.4) is 0 Å². The average Bonchev–Trinajstić information content (AvgIpc) is 2.38. The molecule has 1 aromatic rings. The fraction of sp³-hybridized carbons (Fsp3) is 0.312. The number of carbonyl (C=O) groups excluding carboxylic acids is 1. The predicted octanol–water partition coefficient (Wildman–Crippen LogP) is 3.70. The minimum Gasteiger partial charge on any atom is -0.442 e. The quantitative estimate of drug-likeness (QED) is 0.625. The maximum absolute atomic E-state index is 11.4. The predicted molar refractivity (Wildman–Crippen MR) is 79.0 cm³/mol. The van der Waals surface area contributed by atoms with Crippen molar-refractivity contribution in [3.05, 3.63) is 54.1 Å². The van der Waals surface area contributed by atoms with Crippen LogP contribution in [0.25, 0.3) is 6.08 Å². The summed E-state index contributed by atoms with van der Waals surface area (Å²) in [6, 6.07) is 8.16. The lowest BCUT2D eigenvalue weighted by atomic mass is 10.1. The molecule has 1 aromatic carbocycles. The maximum Gasteiger partial charge on any atom is 0.407 e. The Morgan fingerprint density at radius 3 is 2.74 bits per heavy atom. The molecule has 0 bridgehead atoms. The van der Waals surface area contributed by atoms with Crippen molar-refractivity contribution in [3.63, 3.8) is 0 Å². The standard InChI is InChI=1S/C16H21NO2/c1-4-5-12-17-16(18)19-14(3)8-11-15-9-6-13(2)7-10-15/h4,6-11,14H,1,5,12H2,2-3H3,(H,17,18)/b11-8+. The molecule has 1 atom stereocenters. The van der Waals surface area contributed by atoms with Crippen LogP contribution in [0.5, 0.6) is 0 Å². The Bertz CT molecular complexity index is 435. The number of nitrogens with one attached hydrogen (secondary N) is 1. The number of alkyl carbamates (subject to hydrolysis) is 1. The van der Waals surface area contributed by atoms with Crippen LogP contribution in [-0.2, 0) is 4.74 Å². The molecule has 1 amide bonds. The van der Waals surface area contributed by atoms with Gasteiger partial charge in [0.2, 0.25) is 0 Å². The van der Waals surface area contributed by atoms with Crippen molar-refractivity contribution in [2.24, 2.45) is 0 Å².